The maximum atomic E-state index is 10.7. The van der Waals surface area contributed by atoms with E-state index in [-0.39, 0.29) is 5.92 Å². The Kier molecular flexibility index (Phi) is 4.24. The summed E-state index contributed by atoms with van der Waals surface area (Å²) in [5, 5.41) is 0. The Morgan fingerprint density at radius 3 is 2.36 bits per heavy atom. The Morgan fingerprint density at radius 2 is 2.09 bits per heavy atom. The van der Waals surface area contributed by atoms with Crippen molar-refractivity contribution in [1.29, 1.82) is 0 Å². The normalized spacial score (nSPS) is 16.1. The molecule has 0 heterocycles. The van der Waals surface area contributed by atoms with Gasteiger partial charge in [-0.1, -0.05) is 13.8 Å². The lowest BCUT2D eigenvalue weighted by Crippen LogP contribution is -2.37. The summed E-state index contributed by atoms with van der Waals surface area (Å²) in [7, 11) is 0. The third-order valence-corrected chi connectivity index (χ3v) is 1.45. The molecule has 1 unspecified atom stereocenters. The molecule has 0 bridgehead atoms. The third-order valence-electron chi connectivity index (χ3n) is 1.14. The highest BCUT2D eigenvalue weighted by atomic mass is 32.2. The number of carbonyl (C=O) groups is 1. The van der Waals surface area contributed by atoms with Crippen LogP contribution < -0.4 is 5.73 Å². The fourth-order valence-electron chi connectivity index (χ4n) is 0.398. The van der Waals surface area contributed by atoms with E-state index in [0.717, 1.165) is 0 Å². The van der Waals surface area contributed by atoms with E-state index in [2.05, 4.69) is 4.18 Å². The first-order valence-electron chi connectivity index (χ1n) is 3.03. The van der Waals surface area contributed by atoms with Crippen LogP contribution in [0.15, 0.2) is 0 Å². The molecule has 0 fully saturated rings. The zero-order valence-electron chi connectivity index (χ0n) is 6.31. The highest BCUT2D eigenvalue weighted by molar-refractivity contribution is 7.74. The molecule has 0 aliphatic heterocycles. The first-order valence-corrected chi connectivity index (χ1v) is 4.07. The van der Waals surface area contributed by atoms with Crippen molar-refractivity contribution in [1.82, 2.24) is 0 Å². The highest BCUT2D eigenvalue weighted by Crippen LogP contribution is 2.00. The number of hydrogen-bond acceptors (Lipinski definition) is 4. The van der Waals surface area contributed by atoms with Crippen LogP contribution in [-0.2, 0) is 20.3 Å². The maximum Gasteiger partial charge on any atom is 0.360 e. The lowest BCUT2D eigenvalue weighted by Gasteiger charge is -2.11. The minimum absolute atomic E-state index is 0.106. The molecule has 0 aliphatic rings. The van der Waals surface area contributed by atoms with Crippen LogP contribution in [0, 0.1) is 5.92 Å². The van der Waals surface area contributed by atoms with Gasteiger partial charge in [-0.25, -0.2) is 4.79 Å². The average molecular weight is 181 g/mol. The van der Waals surface area contributed by atoms with Crippen molar-refractivity contribution in [2.45, 2.75) is 19.9 Å². The fourth-order valence-corrected chi connectivity index (χ4v) is 0.650. The minimum Gasteiger partial charge on any atom is -0.342 e. The molecule has 0 amide bonds. The molecule has 0 radical (unpaired) electrons. The van der Waals surface area contributed by atoms with E-state index in [0.29, 0.717) is 0 Å². The van der Waals surface area contributed by atoms with Crippen LogP contribution >= 0.6 is 0 Å². The largest absolute Gasteiger partial charge is 0.360 e. The molecule has 3 N–H and O–H groups in total. The molecule has 0 aromatic heterocycles. The zero-order valence-corrected chi connectivity index (χ0v) is 7.13. The second-order valence-corrected chi connectivity index (χ2v) is 2.99. The molecule has 0 aromatic carbocycles. The van der Waals surface area contributed by atoms with Crippen molar-refractivity contribution in [2.75, 3.05) is 0 Å². The third kappa shape index (κ3) is 4.07. The van der Waals surface area contributed by atoms with Gasteiger partial charge in [-0.05, 0) is 5.92 Å². The Hall–Kier alpha value is -0.460. The molecule has 0 saturated carbocycles. The number of carbonyl (C=O) groups excluding carboxylic acids is 1. The molecular weight excluding hydrogens is 170 g/mol. The van der Waals surface area contributed by atoms with E-state index < -0.39 is 23.4 Å². The van der Waals surface area contributed by atoms with Gasteiger partial charge < -0.3 is 9.92 Å². The number of hydrogen-bond donors (Lipinski definition) is 2. The Morgan fingerprint density at radius 1 is 1.64 bits per heavy atom. The van der Waals surface area contributed by atoms with Crippen LogP contribution in [0.1, 0.15) is 13.8 Å². The Labute approximate surface area is 67.4 Å². The lowest BCUT2D eigenvalue weighted by atomic mass is 10.1. The van der Waals surface area contributed by atoms with Gasteiger partial charge in [0.25, 0.3) is 0 Å². The van der Waals surface area contributed by atoms with E-state index in [4.69, 9.17) is 10.3 Å². The van der Waals surface area contributed by atoms with Crippen molar-refractivity contribution < 1.29 is 17.7 Å². The minimum atomic E-state index is -2.56. The van der Waals surface area contributed by atoms with Crippen LogP contribution in [-0.4, -0.2) is 20.8 Å². The SMILES string of the molecule is CC(C)[C@H](N)C(=O)OS(=O)O. The van der Waals surface area contributed by atoms with Crippen LogP contribution in [0.3, 0.4) is 0 Å². The summed E-state index contributed by atoms with van der Waals surface area (Å²) in [4.78, 5) is 10.7. The number of rotatable bonds is 3. The molecule has 66 valence electrons. The van der Waals surface area contributed by atoms with Crippen molar-refractivity contribution in [3.8, 4) is 0 Å². The molecule has 0 aromatic rings. The van der Waals surface area contributed by atoms with Crippen molar-refractivity contribution in [3.05, 3.63) is 0 Å². The van der Waals surface area contributed by atoms with Crippen LogP contribution in [0.2, 0.25) is 0 Å². The van der Waals surface area contributed by atoms with Crippen molar-refractivity contribution in [2.24, 2.45) is 11.7 Å². The fraction of sp³-hybridized carbons (Fsp3) is 0.800. The monoisotopic (exact) mass is 181 g/mol. The van der Waals surface area contributed by atoms with Gasteiger partial charge >= 0.3 is 17.3 Å². The lowest BCUT2D eigenvalue weighted by molar-refractivity contribution is -0.136. The van der Waals surface area contributed by atoms with Crippen LogP contribution in [0.5, 0.6) is 0 Å². The van der Waals surface area contributed by atoms with Crippen molar-refractivity contribution in [3.63, 3.8) is 0 Å². The molecular formula is C5H11NO4S. The van der Waals surface area contributed by atoms with Gasteiger partial charge in [-0.3, -0.25) is 4.55 Å². The Bertz CT molecular complexity index is 170. The average Bonchev–Trinajstić information content (AvgIpc) is 1.84. The molecule has 2 atom stereocenters. The standard InChI is InChI=1S/C5H11NO4S/c1-3(2)4(6)5(7)10-11(8)9/h3-4H,6H2,1-2H3,(H,8,9)/t4-/m0/s1. The summed E-state index contributed by atoms with van der Waals surface area (Å²) in [6.07, 6.45) is 0. The first kappa shape index (κ1) is 10.5. The van der Waals surface area contributed by atoms with Gasteiger partial charge in [0, 0.05) is 0 Å². The summed E-state index contributed by atoms with van der Waals surface area (Å²) in [6, 6.07) is -0.842. The first-order chi connectivity index (χ1) is 4.95. The van der Waals surface area contributed by atoms with Crippen molar-refractivity contribution >= 4 is 17.3 Å². The second-order valence-electron chi connectivity index (χ2n) is 2.39. The topological polar surface area (TPSA) is 89.6 Å². The zero-order chi connectivity index (χ0) is 9.02. The van der Waals surface area contributed by atoms with E-state index in [1.807, 2.05) is 0 Å². The van der Waals surface area contributed by atoms with Crippen LogP contribution in [0.4, 0.5) is 0 Å². The molecule has 0 spiro atoms. The van der Waals surface area contributed by atoms with Gasteiger partial charge in [0.2, 0.25) is 0 Å². The van der Waals surface area contributed by atoms with Gasteiger partial charge in [-0.2, -0.15) is 4.21 Å². The summed E-state index contributed by atoms with van der Waals surface area (Å²) < 4.78 is 22.0. The molecule has 0 aliphatic carbocycles. The van der Waals surface area contributed by atoms with E-state index >= 15 is 0 Å². The van der Waals surface area contributed by atoms with Gasteiger partial charge in [0.15, 0.2) is 0 Å². The predicted molar refractivity (Wildman–Crippen MR) is 39.7 cm³/mol. The van der Waals surface area contributed by atoms with Gasteiger partial charge in [-0.15, -0.1) is 0 Å². The van der Waals surface area contributed by atoms with E-state index in [1.165, 1.54) is 0 Å². The molecule has 11 heavy (non-hydrogen) atoms. The summed E-state index contributed by atoms with van der Waals surface area (Å²) in [5.74, 6) is -0.966. The Balaban J connectivity index is 3.93. The number of nitrogens with two attached hydrogens (primary N) is 1. The van der Waals surface area contributed by atoms with E-state index in [1.54, 1.807) is 13.8 Å². The predicted octanol–water partition coefficient (Wildman–Crippen LogP) is -0.350. The van der Waals surface area contributed by atoms with Gasteiger partial charge in [0.05, 0.1) is 0 Å². The summed E-state index contributed by atoms with van der Waals surface area (Å²) in [5.41, 5.74) is 5.29. The summed E-state index contributed by atoms with van der Waals surface area (Å²) >= 11 is -2.56. The molecule has 0 saturated heterocycles. The van der Waals surface area contributed by atoms with E-state index in [9.17, 15) is 9.00 Å². The summed E-state index contributed by atoms with van der Waals surface area (Å²) in [6.45, 7) is 3.43. The smallest absolute Gasteiger partial charge is 0.342 e. The molecule has 6 heteroatoms. The highest BCUT2D eigenvalue weighted by Gasteiger charge is 2.20. The second kappa shape index (κ2) is 4.42. The quantitative estimate of drug-likeness (QED) is 0.581. The molecule has 0 rings (SSSR count). The molecule has 5 nitrogen and oxygen atoms in total. The maximum absolute atomic E-state index is 10.7. The van der Waals surface area contributed by atoms with Gasteiger partial charge in [0.1, 0.15) is 6.04 Å². The van der Waals surface area contributed by atoms with Crippen LogP contribution in [0.25, 0.3) is 0 Å².